The van der Waals surface area contributed by atoms with Crippen LogP contribution in [0.15, 0.2) is 66.7 Å². The number of hydrogen-bond acceptors (Lipinski definition) is 5. The van der Waals surface area contributed by atoms with Crippen LogP contribution < -0.4 is 15.4 Å². The van der Waals surface area contributed by atoms with Gasteiger partial charge in [-0.2, -0.15) is 4.98 Å². The van der Waals surface area contributed by atoms with Gasteiger partial charge in [0, 0.05) is 5.02 Å². The molecule has 0 fully saturated rings. The van der Waals surface area contributed by atoms with E-state index in [0.29, 0.717) is 10.8 Å². The van der Waals surface area contributed by atoms with Crippen LogP contribution in [0.3, 0.4) is 0 Å². The van der Waals surface area contributed by atoms with Gasteiger partial charge in [-0.05, 0) is 40.6 Å². The van der Waals surface area contributed by atoms with E-state index in [0.717, 1.165) is 16.3 Å². The van der Waals surface area contributed by atoms with Gasteiger partial charge in [-0.1, -0.05) is 54.1 Å². The second-order valence-corrected chi connectivity index (χ2v) is 7.81. The van der Waals surface area contributed by atoms with Crippen LogP contribution in [0.5, 0.6) is 5.75 Å². The zero-order valence-electron chi connectivity index (χ0n) is 16.8. The number of anilines is 2. The Morgan fingerprint density at radius 1 is 1.12 bits per heavy atom. The molecule has 32 heavy (non-hydrogen) atoms. The van der Waals surface area contributed by atoms with Crippen molar-refractivity contribution < 1.29 is 14.3 Å². The highest BCUT2D eigenvalue weighted by Crippen LogP contribution is 2.30. The number of fused-ring (bicyclic) bond motifs is 2. The molecule has 2 heterocycles. The minimum Gasteiger partial charge on any atom is -0.484 e. The largest absolute Gasteiger partial charge is 0.484 e. The molecule has 160 valence electrons. The molecule has 1 unspecified atom stereocenters. The van der Waals surface area contributed by atoms with E-state index in [1.54, 1.807) is 16.8 Å². The number of rotatable bonds is 5. The molecule has 8 nitrogen and oxygen atoms in total. The van der Waals surface area contributed by atoms with Crippen molar-refractivity contribution in [2.45, 2.75) is 12.5 Å². The average Bonchev–Trinajstić information content (AvgIpc) is 3.19. The molecule has 4 aromatic rings. The summed E-state index contributed by atoms with van der Waals surface area (Å²) in [6.07, 6.45) is 0.205. The van der Waals surface area contributed by atoms with Crippen LogP contribution in [0.1, 0.15) is 18.0 Å². The first kappa shape index (κ1) is 20.0. The SMILES string of the molecule is O=C(COc1ccc2ccccc2c1)Nc1nc2n(n1)C(c1ccc(Cl)cc1)CC(=O)N2. The Hall–Kier alpha value is -3.91. The quantitative estimate of drug-likeness (QED) is 0.481. The van der Waals surface area contributed by atoms with Gasteiger partial charge in [0.15, 0.2) is 6.61 Å². The van der Waals surface area contributed by atoms with Crippen LogP contribution in [-0.4, -0.2) is 33.2 Å². The van der Waals surface area contributed by atoms with Crippen LogP contribution in [-0.2, 0) is 9.59 Å². The van der Waals surface area contributed by atoms with Crippen LogP contribution in [0.2, 0.25) is 5.02 Å². The van der Waals surface area contributed by atoms with Crippen molar-refractivity contribution in [3.05, 3.63) is 77.3 Å². The summed E-state index contributed by atoms with van der Waals surface area (Å²) >= 11 is 5.97. The Kier molecular flexibility index (Phi) is 5.20. The summed E-state index contributed by atoms with van der Waals surface area (Å²) in [7, 11) is 0. The van der Waals surface area contributed by atoms with E-state index in [2.05, 4.69) is 20.7 Å². The van der Waals surface area contributed by atoms with Gasteiger partial charge in [0.05, 0.1) is 12.5 Å². The van der Waals surface area contributed by atoms with Gasteiger partial charge < -0.3 is 4.74 Å². The predicted octanol–water partition coefficient (Wildman–Crippen LogP) is 4.03. The fraction of sp³-hybridized carbons (Fsp3) is 0.130. The van der Waals surface area contributed by atoms with Crippen LogP contribution in [0, 0.1) is 0 Å². The maximum absolute atomic E-state index is 12.4. The Morgan fingerprint density at radius 2 is 1.91 bits per heavy atom. The van der Waals surface area contributed by atoms with Crippen LogP contribution >= 0.6 is 11.6 Å². The number of nitrogens with zero attached hydrogens (tertiary/aromatic N) is 3. The molecule has 0 aliphatic carbocycles. The molecule has 0 saturated heterocycles. The topological polar surface area (TPSA) is 98.1 Å². The van der Waals surface area contributed by atoms with Crippen molar-refractivity contribution in [2.24, 2.45) is 0 Å². The average molecular weight is 448 g/mol. The van der Waals surface area contributed by atoms with Crippen molar-refractivity contribution >= 4 is 46.1 Å². The predicted molar refractivity (Wildman–Crippen MR) is 121 cm³/mol. The third-order valence-electron chi connectivity index (χ3n) is 5.15. The summed E-state index contributed by atoms with van der Waals surface area (Å²) in [4.78, 5) is 28.8. The van der Waals surface area contributed by atoms with E-state index in [-0.39, 0.29) is 36.9 Å². The van der Waals surface area contributed by atoms with Gasteiger partial charge in [-0.15, -0.1) is 5.10 Å². The molecule has 0 radical (unpaired) electrons. The smallest absolute Gasteiger partial charge is 0.264 e. The lowest BCUT2D eigenvalue weighted by Crippen LogP contribution is -2.29. The van der Waals surface area contributed by atoms with E-state index in [1.807, 2.05) is 54.6 Å². The third-order valence-corrected chi connectivity index (χ3v) is 5.41. The molecule has 1 aromatic heterocycles. The second-order valence-electron chi connectivity index (χ2n) is 7.37. The molecule has 1 aliphatic heterocycles. The molecule has 2 N–H and O–H groups in total. The fourth-order valence-electron chi connectivity index (χ4n) is 3.63. The molecule has 5 rings (SSSR count). The van der Waals surface area contributed by atoms with E-state index >= 15 is 0 Å². The number of carbonyl (C=O) groups excluding carboxylic acids is 2. The molecule has 9 heteroatoms. The van der Waals surface area contributed by atoms with Crippen LogP contribution in [0.4, 0.5) is 11.9 Å². The Balaban J connectivity index is 1.28. The first-order valence-corrected chi connectivity index (χ1v) is 10.4. The van der Waals surface area contributed by atoms with Crippen molar-refractivity contribution in [3.63, 3.8) is 0 Å². The lowest BCUT2D eigenvalue weighted by molar-refractivity contribution is -0.118. The fourth-order valence-corrected chi connectivity index (χ4v) is 3.75. The van der Waals surface area contributed by atoms with Crippen molar-refractivity contribution in [3.8, 4) is 5.75 Å². The van der Waals surface area contributed by atoms with Crippen LogP contribution in [0.25, 0.3) is 10.8 Å². The zero-order valence-corrected chi connectivity index (χ0v) is 17.5. The van der Waals surface area contributed by atoms with Gasteiger partial charge in [-0.25, -0.2) is 4.68 Å². The molecule has 2 amide bonds. The number of ether oxygens (including phenoxy) is 1. The minimum absolute atomic E-state index is 0.0910. The normalized spacial score (nSPS) is 15.2. The number of amides is 2. The van der Waals surface area contributed by atoms with Gasteiger partial charge in [0.1, 0.15) is 5.75 Å². The van der Waals surface area contributed by atoms with Gasteiger partial charge in [0.2, 0.25) is 11.9 Å². The summed E-state index contributed by atoms with van der Waals surface area (Å²) in [5.41, 5.74) is 0.868. The lowest BCUT2D eigenvalue weighted by atomic mass is 10.0. The van der Waals surface area contributed by atoms with Crippen molar-refractivity contribution in [2.75, 3.05) is 17.2 Å². The highest BCUT2D eigenvalue weighted by atomic mass is 35.5. The molecule has 0 saturated carbocycles. The van der Waals surface area contributed by atoms with Crippen molar-refractivity contribution in [1.82, 2.24) is 14.8 Å². The van der Waals surface area contributed by atoms with E-state index in [1.165, 1.54) is 0 Å². The first-order chi connectivity index (χ1) is 15.5. The molecular weight excluding hydrogens is 430 g/mol. The highest BCUT2D eigenvalue weighted by Gasteiger charge is 2.29. The standard InChI is InChI=1S/C23H18ClN5O3/c24-17-8-5-15(6-9-17)19-12-20(30)26-23-27-22(28-29(19)23)25-21(31)13-32-18-10-7-14-3-1-2-4-16(14)11-18/h1-11,19H,12-13H2,(H2,25,26,27,28,30,31). The number of aromatic nitrogens is 3. The maximum atomic E-state index is 12.4. The first-order valence-electron chi connectivity index (χ1n) is 9.98. The van der Waals surface area contributed by atoms with Gasteiger partial charge in [0.25, 0.3) is 11.9 Å². The summed E-state index contributed by atoms with van der Waals surface area (Å²) in [6, 6.07) is 20.4. The van der Waals surface area contributed by atoms with Crippen molar-refractivity contribution in [1.29, 1.82) is 0 Å². The Bertz CT molecular complexity index is 1320. The second kappa shape index (κ2) is 8.32. The van der Waals surface area contributed by atoms with Gasteiger partial charge >= 0.3 is 0 Å². The molecule has 3 aromatic carbocycles. The number of carbonyl (C=O) groups is 2. The number of benzene rings is 3. The molecule has 1 atom stereocenters. The number of nitrogens with one attached hydrogen (secondary N) is 2. The summed E-state index contributed by atoms with van der Waals surface area (Å²) in [6.45, 7) is -0.199. The Labute approximate surface area is 188 Å². The molecule has 0 bridgehead atoms. The maximum Gasteiger partial charge on any atom is 0.264 e. The molecule has 0 spiro atoms. The lowest BCUT2D eigenvalue weighted by Gasteiger charge is -2.23. The van der Waals surface area contributed by atoms with E-state index < -0.39 is 5.91 Å². The molecular formula is C23H18ClN5O3. The summed E-state index contributed by atoms with van der Waals surface area (Å²) in [5, 5.41) is 12.4. The molecule has 1 aliphatic rings. The minimum atomic E-state index is -0.407. The van der Waals surface area contributed by atoms with E-state index in [9.17, 15) is 9.59 Å². The summed E-state index contributed by atoms with van der Waals surface area (Å²) < 4.78 is 7.20. The monoisotopic (exact) mass is 447 g/mol. The number of halogens is 1. The highest BCUT2D eigenvalue weighted by molar-refractivity contribution is 6.30. The third kappa shape index (κ3) is 4.13. The summed E-state index contributed by atoms with van der Waals surface area (Å²) in [5.74, 6) is 0.365. The van der Waals surface area contributed by atoms with E-state index in [4.69, 9.17) is 16.3 Å². The Morgan fingerprint density at radius 3 is 2.72 bits per heavy atom. The number of hydrogen-bond donors (Lipinski definition) is 2. The zero-order chi connectivity index (χ0) is 22.1. The van der Waals surface area contributed by atoms with Gasteiger partial charge in [-0.3, -0.25) is 20.2 Å².